The number of aromatic amines is 1. The van der Waals surface area contributed by atoms with Crippen molar-refractivity contribution in [2.24, 2.45) is 0 Å². The Morgan fingerprint density at radius 3 is 3.12 bits per heavy atom. The Morgan fingerprint density at radius 2 is 2.44 bits per heavy atom. The van der Waals surface area contributed by atoms with Gasteiger partial charge in [-0.05, 0) is 13.0 Å². The Hall–Kier alpha value is -1.95. The molecule has 3 rings (SSSR count). The quantitative estimate of drug-likeness (QED) is 0.690. The van der Waals surface area contributed by atoms with Crippen LogP contribution in [0, 0.1) is 6.92 Å². The second kappa shape index (κ2) is 3.28. The molecule has 1 N–H and O–H groups in total. The van der Waals surface area contributed by atoms with Crippen LogP contribution in [0.3, 0.4) is 0 Å². The van der Waals surface area contributed by atoms with E-state index >= 15 is 0 Å². The average molecular weight is 233 g/mol. The first-order chi connectivity index (χ1) is 7.81. The second-order valence-electron chi connectivity index (χ2n) is 3.35. The van der Waals surface area contributed by atoms with E-state index in [1.807, 2.05) is 13.0 Å². The van der Waals surface area contributed by atoms with Crippen molar-refractivity contribution < 1.29 is 9.32 Å². The molecule has 0 saturated carbocycles. The van der Waals surface area contributed by atoms with Crippen LogP contribution in [-0.2, 0) is 0 Å². The summed E-state index contributed by atoms with van der Waals surface area (Å²) < 4.78 is 6.08. The van der Waals surface area contributed by atoms with Gasteiger partial charge in [0.1, 0.15) is 10.4 Å². The van der Waals surface area contributed by atoms with Crippen molar-refractivity contribution in [2.45, 2.75) is 6.92 Å². The van der Waals surface area contributed by atoms with Gasteiger partial charge in [-0.2, -0.15) is 5.10 Å². The van der Waals surface area contributed by atoms with Crippen molar-refractivity contribution in [1.29, 1.82) is 0 Å². The molecule has 0 aliphatic heterocycles. The van der Waals surface area contributed by atoms with Gasteiger partial charge in [0.05, 0.1) is 11.3 Å². The number of carbonyl (C=O) groups is 1. The minimum Gasteiger partial charge on any atom is -0.354 e. The zero-order valence-corrected chi connectivity index (χ0v) is 9.17. The van der Waals surface area contributed by atoms with E-state index in [0.29, 0.717) is 16.8 Å². The molecule has 16 heavy (non-hydrogen) atoms. The number of hydrogen-bond acceptors (Lipinski definition) is 5. The van der Waals surface area contributed by atoms with Crippen molar-refractivity contribution in [3.05, 3.63) is 22.7 Å². The van der Waals surface area contributed by atoms with Crippen LogP contribution in [0.25, 0.3) is 21.7 Å². The highest BCUT2D eigenvalue weighted by atomic mass is 32.1. The molecule has 0 amide bonds. The van der Waals surface area contributed by atoms with Crippen LogP contribution in [0.15, 0.2) is 16.8 Å². The maximum absolute atomic E-state index is 10.9. The molecular weight excluding hydrogens is 226 g/mol. The van der Waals surface area contributed by atoms with Gasteiger partial charge in [-0.15, -0.1) is 11.3 Å². The summed E-state index contributed by atoms with van der Waals surface area (Å²) in [6.45, 7) is 1.89. The lowest BCUT2D eigenvalue weighted by Gasteiger charge is -1.86. The third-order valence-electron chi connectivity index (χ3n) is 2.40. The van der Waals surface area contributed by atoms with E-state index in [9.17, 15) is 4.79 Å². The molecule has 3 aromatic heterocycles. The van der Waals surface area contributed by atoms with Gasteiger partial charge < -0.3 is 4.52 Å². The van der Waals surface area contributed by atoms with Crippen LogP contribution >= 0.6 is 11.3 Å². The molecule has 3 aromatic rings. The number of aromatic nitrogens is 3. The summed E-state index contributed by atoms with van der Waals surface area (Å²) in [4.78, 5) is 11.8. The largest absolute Gasteiger partial charge is 0.354 e. The molecule has 3 heterocycles. The highest BCUT2D eigenvalue weighted by Gasteiger charge is 2.19. The zero-order chi connectivity index (χ0) is 11.1. The van der Waals surface area contributed by atoms with E-state index in [0.717, 1.165) is 21.6 Å². The van der Waals surface area contributed by atoms with E-state index in [1.165, 1.54) is 11.3 Å². The van der Waals surface area contributed by atoms with Gasteiger partial charge in [-0.1, -0.05) is 5.16 Å². The van der Waals surface area contributed by atoms with Gasteiger partial charge in [-0.3, -0.25) is 9.89 Å². The van der Waals surface area contributed by atoms with Crippen LogP contribution in [0.2, 0.25) is 0 Å². The van der Waals surface area contributed by atoms with Crippen LogP contribution in [0.1, 0.15) is 15.2 Å². The molecule has 0 fully saturated rings. The Kier molecular flexibility index (Phi) is 1.90. The fraction of sp³-hybridized carbons (Fsp3) is 0.100. The Balaban J connectivity index is 2.33. The number of rotatable bonds is 2. The first kappa shape index (κ1) is 9.29. The lowest BCUT2D eigenvalue weighted by atomic mass is 10.2. The molecule has 0 atom stereocenters. The molecule has 0 aliphatic rings. The summed E-state index contributed by atoms with van der Waals surface area (Å²) in [6.07, 6.45) is 2.45. The number of thiophene rings is 1. The third-order valence-corrected chi connectivity index (χ3v) is 3.51. The van der Waals surface area contributed by atoms with Gasteiger partial charge in [0, 0.05) is 11.1 Å². The smallest absolute Gasteiger partial charge is 0.189 e. The van der Waals surface area contributed by atoms with Gasteiger partial charge in [0.15, 0.2) is 11.9 Å². The standard InChI is InChI=1S/C10H7N3O2S/c1-5-6(4-14)9-10(16-5)8(13-15-9)7-2-3-11-12-7/h2-4H,1H3,(H,11,12). The predicted molar refractivity (Wildman–Crippen MR) is 59.6 cm³/mol. The number of hydrogen-bond donors (Lipinski definition) is 1. The molecule has 6 heteroatoms. The predicted octanol–water partition coefficient (Wildman–Crippen LogP) is 2.40. The maximum atomic E-state index is 10.9. The van der Waals surface area contributed by atoms with E-state index in [-0.39, 0.29) is 0 Å². The van der Waals surface area contributed by atoms with Crippen LogP contribution < -0.4 is 0 Å². The first-order valence-corrected chi connectivity index (χ1v) is 5.46. The number of H-pyrrole nitrogens is 1. The third kappa shape index (κ3) is 1.13. The molecule has 0 aromatic carbocycles. The lowest BCUT2D eigenvalue weighted by molar-refractivity contribution is 0.112. The Labute approximate surface area is 94.1 Å². The monoisotopic (exact) mass is 233 g/mol. The molecule has 0 bridgehead atoms. The Bertz CT molecular complexity index is 651. The highest BCUT2D eigenvalue weighted by Crippen LogP contribution is 2.36. The highest BCUT2D eigenvalue weighted by molar-refractivity contribution is 7.19. The molecule has 0 saturated heterocycles. The van der Waals surface area contributed by atoms with Crippen LogP contribution in [0.5, 0.6) is 0 Å². The molecule has 0 radical (unpaired) electrons. The van der Waals surface area contributed by atoms with E-state index in [2.05, 4.69) is 15.4 Å². The van der Waals surface area contributed by atoms with Crippen LogP contribution in [0.4, 0.5) is 0 Å². The normalized spacial score (nSPS) is 11.1. The minimum absolute atomic E-state index is 0.558. The lowest BCUT2D eigenvalue weighted by Crippen LogP contribution is -1.76. The summed E-state index contributed by atoms with van der Waals surface area (Å²) in [5.74, 6) is 0. The summed E-state index contributed by atoms with van der Waals surface area (Å²) in [5.41, 5.74) is 2.63. The number of nitrogens with one attached hydrogen (secondary N) is 1. The van der Waals surface area contributed by atoms with E-state index < -0.39 is 0 Å². The number of fused-ring (bicyclic) bond motifs is 1. The van der Waals surface area contributed by atoms with Crippen molar-refractivity contribution >= 4 is 27.9 Å². The summed E-state index contributed by atoms with van der Waals surface area (Å²) in [6, 6.07) is 1.81. The molecule has 0 unspecified atom stereocenters. The minimum atomic E-state index is 0.558. The Morgan fingerprint density at radius 1 is 1.56 bits per heavy atom. The zero-order valence-electron chi connectivity index (χ0n) is 8.35. The fourth-order valence-corrected chi connectivity index (χ4v) is 2.65. The average Bonchev–Trinajstić information content (AvgIpc) is 2.92. The molecule has 0 aliphatic carbocycles. The fourth-order valence-electron chi connectivity index (χ4n) is 1.61. The molecule has 0 spiro atoms. The molecular formula is C10H7N3O2S. The van der Waals surface area contributed by atoms with Gasteiger partial charge in [0.2, 0.25) is 0 Å². The second-order valence-corrected chi connectivity index (χ2v) is 4.57. The topological polar surface area (TPSA) is 71.8 Å². The van der Waals surface area contributed by atoms with Gasteiger partial charge >= 0.3 is 0 Å². The van der Waals surface area contributed by atoms with Crippen molar-refractivity contribution in [3.8, 4) is 11.4 Å². The molecule has 5 nitrogen and oxygen atoms in total. The number of nitrogens with zero attached hydrogens (tertiary/aromatic N) is 2. The first-order valence-electron chi connectivity index (χ1n) is 4.65. The van der Waals surface area contributed by atoms with E-state index in [4.69, 9.17) is 4.52 Å². The summed E-state index contributed by atoms with van der Waals surface area (Å²) in [7, 11) is 0. The molecule has 80 valence electrons. The van der Waals surface area contributed by atoms with Crippen LogP contribution in [-0.4, -0.2) is 21.6 Å². The maximum Gasteiger partial charge on any atom is 0.189 e. The number of aryl methyl sites for hydroxylation is 1. The van der Waals surface area contributed by atoms with Gasteiger partial charge in [-0.25, -0.2) is 0 Å². The summed E-state index contributed by atoms with van der Waals surface area (Å²) >= 11 is 1.50. The number of aldehydes is 1. The van der Waals surface area contributed by atoms with Gasteiger partial charge in [0.25, 0.3) is 0 Å². The summed E-state index contributed by atoms with van der Waals surface area (Å²) in [5, 5.41) is 10.6. The van der Waals surface area contributed by atoms with E-state index in [1.54, 1.807) is 6.20 Å². The van der Waals surface area contributed by atoms with Crippen molar-refractivity contribution in [3.63, 3.8) is 0 Å². The SMILES string of the molecule is Cc1sc2c(-c3ccn[nH]3)noc2c1C=O. The van der Waals surface area contributed by atoms with Crippen molar-refractivity contribution in [2.75, 3.05) is 0 Å². The number of carbonyl (C=O) groups excluding carboxylic acids is 1. The van der Waals surface area contributed by atoms with Crippen molar-refractivity contribution in [1.82, 2.24) is 15.4 Å².